The van der Waals surface area contributed by atoms with Crippen LogP contribution in [0.4, 0.5) is 21.7 Å². The summed E-state index contributed by atoms with van der Waals surface area (Å²) in [5.41, 5.74) is 4.21. The molecule has 0 saturated heterocycles. The minimum absolute atomic E-state index is 0.250. The van der Waals surface area contributed by atoms with E-state index in [9.17, 15) is 14.5 Å². The van der Waals surface area contributed by atoms with Gasteiger partial charge in [0.25, 0.3) is 0 Å². The molecular weight excluding hydrogens is 417 g/mol. The van der Waals surface area contributed by atoms with Gasteiger partial charge in [0.15, 0.2) is 0 Å². The minimum atomic E-state index is -0.876. The van der Waals surface area contributed by atoms with Gasteiger partial charge in [-0.15, -0.1) is 0 Å². The number of nitrogens with zero attached hydrogens (tertiary/aromatic N) is 4. The highest BCUT2D eigenvalue weighted by molar-refractivity contribution is 5.97. The Hall–Kier alpha value is -4.43. The number of aromatic nitrogens is 3. The molecule has 0 radical (unpaired) electrons. The van der Waals surface area contributed by atoms with E-state index >= 15 is 0 Å². The average molecular weight is 435 g/mol. The van der Waals surface area contributed by atoms with E-state index in [0.29, 0.717) is 11.3 Å². The van der Waals surface area contributed by atoms with Crippen molar-refractivity contribution >= 4 is 34.4 Å². The van der Waals surface area contributed by atoms with E-state index in [1.165, 1.54) is 0 Å². The Morgan fingerprint density at radius 2 is 1.88 bits per heavy atom. The maximum Gasteiger partial charge on any atom is 0.373 e. The fourth-order valence-electron chi connectivity index (χ4n) is 3.44. The lowest BCUT2D eigenvalue weighted by Crippen LogP contribution is -2.02. The van der Waals surface area contributed by atoms with E-state index in [1.54, 1.807) is 13.1 Å². The van der Waals surface area contributed by atoms with Crippen molar-refractivity contribution in [2.24, 2.45) is 7.05 Å². The number of carbonyl (C=O) groups excluding carboxylic acids is 2. The summed E-state index contributed by atoms with van der Waals surface area (Å²) in [6, 6.07) is 10.2. The molecule has 2 heterocycles. The second kappa shape index (κ2) is 9.15. The van der Waals surface area contributed by atoms with Crippen molar-refractivity contribution in [3.8, 4) is 11.3 Å². The SMILES string of the molecule is Cc1cc(F)c([N+](=O)[O-])cc1Nc1nccc(-c2cn(C)c3cccc(C)c23)n1.O=C=O. The molecule has 0 aliphatic carbocycles. The smallest absolute Gasteiger partial charge is 0.350 e. The predicted octanol–water partition coefficient (Wildman–Crippen LogP) is 4.46. The average Bonchev–Trinajstić information content (AvgIpc) is 3.09. The van der Waals surface area contributed by atoms with Crippen LogP contribution in [-0.2, 0) is 16.6 Å². The van der Waals surface area contributed by atoms with Gasteiger partial charge in [0.05, 0.1) is 16.3 Å². The zero-order valence-electron chi connectivity index (χ0n) is 17.4. The van der Waals surface area contributed by atoms with Crippen LogP contribution in [0.2, 0.25) is 0 Å². The van der Waals surface area contributed by atoms with Crippen LogP contribution in [0.1, 0.15) is 11.1 Å². The van der Waals surface area contributed by atoms with Gasteiger partial charge in [0.1, 0.15) is 0 Å². The quantitative estimate of drug-likeness (QED) is 0.371. The Bertz CT molecular complexity index is 1360. The minimum Gasteiger partial charge on any atom is -0.350 e. The number of aryl methyl sites for hydroxylation is 3. The maximum atomic E-state index is 13.8. The van der Waals surface area contributed by atoms with Gasteiger partial charge in [-0.25, -0.2) is 9.97 Å². The topological polar surface area (TPSA) is 120 Å². The van der Waals surface area contributed by atoms with Gasteiger partial charge in [-0.2, -0.15) is 14.0 Å². The summed E-state index contributed by atoms with van der Waals surface area (Å²) in [5, 5.41) is 15.1. The molecule has 162 valence electrons. The van der Waals surface area contributed by atoms with Crippen LogP contribution >= 0.6 is 0 Å². The van der Waals surface area contributed by atoms with Gasteiger partial charge in [0, 0.05) is 42.0 Å². The van der Waals surface area contributed by atoms with Crippen molar-refractivity contribution in [2.75, 3.05) is 5.32 Å². The van der Waals surface area contributed by atoms with Crippen molar-refractivity contribution in [2.45, 2.75) is 13.8 Å². The van der Waals surface area contributed by atoms with Crippen molar-refractivity contribution in [1.82, 2.24) is 14.5 Å². The highest BCUT2D eigenvalue weighted by Crippen LogP contribution is 2.32. The van der Waals surface area contributed by atoms with E-state index in [-0.39, 0.29) is 12.1 Å². The number of nitro groups is 1. The van der Waals surface area contributed by atoms with Crippen LogP contribution in [0, 0.1) is 29.8 Å². The highest BCUT2D eigenvalue weighted by Gasteiger charge is 2.18. The molecule has 0 amide bonds. The Kier molecular flexibility index (Phi) is 6.37. The van der Waals surface area contributed by atoms with Crippen molar-refractivity contribution in [3.05, 3.63) is 75.9 Å². The lowest BCUT2D eigenvalue weighted by atomic mass is 10.1. The molecule has 4 aromatic rings. The third-order valence-corrected chi connectivity index (χ3v) is 4.89. The van der Waals surface area contributed by atoms with Crippen LogP contribution < -0.4 is 5.32 Å². The predicted molar refractivity (Wildman–Crippen MR) is 115 cm³/mol. The molecule has 0 aliphatic rings. The van der Waals surface area contributed by atoms with Crippen molar-refractivity contribution in [3.63, 3.8) is 0 Å². The number of nitro benzene ring substituents is 1. The normalized spacial score (nSPS) is 10.2. The number of benzene rings is 2. The molecule has 0 bridgehead atoms. The Labute approximate surface area is 181 Å². The highest BCUT2D eigenvalue weighted by atomic mass is 19.1. The molecule has 0 atom stereocenters. The fraction of sp³-hybridized carbons (Fsp3) is 0.136. The Balaban J connectivity index is 0.000000913. The van der Waals surface area contributed by atoms with Crippen LogP contribution in [-0.4, -0.2) is 25.6 Å². The van der Waals surface area contributed by atoms with Gasteiger partial charge >= 0.3 is 11.8 Å². The van der Waals surface area contributed by atoms with Crippen molar-refractivity contribution in [1.29, 1.82) is 0 Å². The molecule has 0 fully saturated rings. The molecule has 2 aromatic heterocycles. The van der Waals surface area contributed by atoms with Crippen LogP contribution in [0.15, 0.2) is 48.8 Å². The number of rotatable bonds is 4. The second-order valence-electron chi connectivity index (χ2n) is 6.97. The van der Waals surface area contributed by atoms with Gasteiger partial charge < -0.3 is 9.88 Å². The van der Waals surface area contributed by atoms with Gasteiger partial charge in [-0.3, -0.25) is 10.1 Å². The zero-order chi connectivity index (χ0) is 23.4. The first kappa shape index (κ1) is 22.3. The summed E-state index contributed by atoms with van der Waals surface area (Å²) < 4.78 is 15.8. The van der Waals surface area contributed by atoms with Crippen molar-refractivity contribution < 1.29 is 18.9 Å². The molecule has 0 unspecified atom stereocenters. The van der Waals surface area contributed by atoms with Gasteiger partial charge in [-0.05, 0) is 43.2 Å². The first-order valence-electron chi connectivity index (χ1n) is 9.35. The molecule has 9 nitrogen and oxygen atoms in total. The first-order chi connectivity index (χ1) is 15.3. The number of fused-ring (bicyclic) bond motifs is 1. The lowest BCUT2D eigenvalue weighted by Gasteiger charge is -2.09. The van der Waals surface area contributed by atoms with Gasteiger partial charge in [-0.1, -0.05) is 12.1 Å². The zero-order valence-corrected chi connectivity index (χ0v) is 17.4. The summed E-state index contributed by atoms with van der Waals surface area (Å²) in [5.74, 6) is -0.601. The van der Waals surface area contributed by atoms with Crippen LogP contribution in [0.5, 0.6) is 0 Å². The third kappa shape index (κ3) is 4.35. The van der Waals surface area contributed by atoms with E-state index in [0.717, 1.165) is 39.9 Å². The number of nitrogens with one attached hydrogen (secondary N) is 1. The summed E-state index contributed by atoms with van der Waals surface area (Å²) in [6.07, 6.45) is 3.88. The van der Waals surface area contributed by atoms with Crippen LogP contribution in [0.3, 0.4) is 0 Å². The molecule has 4 rings (SSSR count). The largest absolute Gasteiger partial charge is 0.373 e. The third-order valence-electron chi connectivity index (χ3n) is 4.89. The first-order valence-corrected chi connectivity index (χ1v) is 9.35. The molecule has 0 aliphatic heterocycles. The summed E-state index contributed by atoms with van der Waals surface area (Å²) in [4.78, 5) is 35.3. The Morgan fingerprint density at radius 3 is 2.56 bits per heavy atom. The maximum absolute atomic E-state index is 13.8. The molecule has 0 saturated carbocycles. The fourth-order valence-corrected chi connectivity index (χ4v) is 3.44. The van der Waals surface area contributed by atoms with E-state index in [2.05, 4.69) is 15.3 Å². The molecule has 1 N–H and O–H groups in total. The van der Waals surface area contributed by atoms with E-state index in [4.69, 9.17) is 9.59 Å². The van der Waals surface area contributed by atoms with E-state index in [1.807, 2.05) is 49.0 Å². The summed E-state index contributed by atoms with van der Waals surface area (Å²) in [7, 11) is 1.98. The standard InChI is InChI=1S/C21H18FN5O2.CO2/c1-12-5-4-6-18-20(12)14(11-26(18)3)16-7-8-23-21(24-16)25-17-10-19(27(28)29)15(22)9-13(17)2;2-1-3/h4-11H,1-3H3,(H,23,24,25);. The number of hydrogen-bond acceptors (Lipinski definition) is 7. The number of anilines is 2. The monoisotopic (exact) mass is 435 g/mol. The molecule has 2 aromatic carbocycles. The van der Waals surface area contributed by atoms with E-state index < -0.39 is 16.4 Å². The van der Waals surface area contributed by atoms with Crippen LogP contribution in [0.25, 0.3) is 22.2 Å². The number of halogens is 1. The lowest BCUT2D eigenvalue weighted by molar-refractivity contribution is -0.387. The molecule has 0 spiro atoms. The summed E-state index contributed by atoms with van der Waals surface area (Å²) in [6.45, 7) is 3.71. The Morgan fingerprint density at radius 1 is 1.16 bits per heavy atom. The molecule has 10 heteroatoms. The summed E-state index contributed by atoms with van der Waals surface area (Å²) >= 11 is 0. The molecule has 32 heavy (non-hydrogen) atoms. The van der Waals surface area contributed by atoms with Gasteiger partial charge in [0.2, 0.25) is 11.8 Å². The second-order valence-corrected chi connectivity index (χ2v) is 6.97. The molecular formula is C22H18FN5O4. The number of hydrogen-bond donors (Lipinski definition) is 1.